The zero-order valence-electron chi connectivity index (χ0n) is 11.5. The van der Waals surface area contributed by atoms with E-state index in [1.54, 1.807) is 0 Å². The zero-order valence-corrected chi connectivity index (χ0v) is 11.5. The van der Waals surface area contributed by atoms with E-state index in [1.165, 1.54) is 18.3 Å². The van der Waals surface area contributed by atoms with Crippen LogP contribution in [0.15, 0.2) is 30.5 Å². The van der Waals surface area contributed by atoms with E-state index in [2.05, 4.69) is 20.6 Å². The Morgan fingerprint density at radius 1 is 1.24 bits per heavy atom. The molecule has 0 radical (unpaired) electrons. The monoisotopic (exact) mass is 292 g/mol. The van der Waals surface area contributed by atoms with Gasteiger partial charge in [0.05, 0.1) is 5.69 Å². The molecule has 2 aromatic rings. The molecule has 0 unspecified atom stereocenters. The molecule has 0 spiro atoms. The molecule has 1 heterocycles. The molecular formula is C14H14F2N4O. The molecule has 1 amide bonds. The lowest BCUT2D eigenvalue weighted by Gasteiger charge is -2.09. The van der Waals surface area contributed by atoms with Crippen LogP contribution in [-0.2, 0) is 0 Å². The summed E-state index contributed by atoms with van der Waals surface area (Å²) in [5.74, 6) is -1.74. The van der Waals surface area contributed by atoms with Crippen molar-refractivity contribution in [2.45, 2.75) is 19.9 Å². The highest BCUT2D eigenvalue weighted by Gasteiger charge is 2.11. The molecule has 0 saturated heterocycles. The average molecular weight is 292 g/mol. The summed E-state index contributed by atoms with van der Waals surface area (Å²) >= 11 is 0. The first-order chi connectivity index (χ1) is 9.95. The molecule has 1 aromatic carbocycles. The summed E-state index contributed by atoms with van der Waals surface area (Å²) in [6.07, 6.45) is 1.38. The van der Waals surface area contributed by atoms with E-state index in [0.29, 0.717) is 0 Å². The number of nitrogens with zero attached hydrogens (tertiary/aromatic N) is 2. The lowest BCUT2D eigenvalue weighted by Crippen LogP contribution is -2.30. The van der Waals surface area contributed by atoms with Gasteiger partial charge in [0.1, 0.15) is 17.3 Å². The van der Waals surface area contributed by atoms with Crippen molar-refractivity contribution in [1.29, 1.82) is 0 Å². The van der Waals surface area contributed by atoms with Crippen LogP contribution in [0.25, 0.3) is 0 Å². The third kappa shape index (κ3) is 3.95. The normalized spacial score (nSPS) is 10.5. The van der Waals surface area contributed by atoms with Crippen LogP contribution in [0.3, 0.4) is 0 Å². The zero-order chi connectivity index (χ0) is 15.4. The number of aromatic nitrogens is 2. The van der Waals surface area contributed by atoms with Gasteiger partial charge in [0.15, 0.2) is 0 Å². The summed E-state index contributed by atoms with van der Waals surface area (Å²) in [6, 6.07) is 4.51. The van der Waals surface area contributed by atoms with Gasteiger partial charge >= 0.3 is 0 Å². The fourth-order valence-electron chi connectivity index (χ4n) is 1.59. The highest BCUT2D eigenvalue weighted by atomic mass is 19.1. The summed E-state index contributed by atoms with van der Waals surface area (Å²) in [7, 11) is 0. The maximum Gasteiger partial charge on any atom is 0.270 e. The maximum absolute atomic E-state index is 13.5. The maximum atomic E-state index is 13.5. The quantitative estimate of drug-likeness (QED) is 0.909. The van der Waals surface area contributed by atoms with Gasteiger partial charge in [-0.1, -0.05) is 0 Å². The smallest absolute Gasteiger partial charge is 0.270 e. The van der Waals surface area contributed by atoms with Crippen molar-refractivity contribution >= 4 is 17.5 Å². The van der Waals surface area contributed by atoms with E-state index in [0.717, 1.165) is 12.1 Å². The molecular weight excluding hydrogens is 278 g/mol. The first-order valence-electron chi connectivity index (χ1n) is 6.31. The molecule has 0 saturated carbocycles. The van der Waals surface area contributed by atoms with E-state index in [4.69, 9.17) is 0 Å². The number of benzene rings is 1. The van der Waals surface area contributed by atoms with Crippen LogP contribution in [0.1, 0.15) is 24.3 Å². The number of hydrogen-bond acceptors (Lipinski definition) is 4. The predicted octanol–water partition coefficient (Wildman–Crippen LogP) is 2.64. The third-order valence-corrected chi connectivity index (χ3v) is 2.49. The van der Waals surface area contributed by atoms with Crippen LogP contribution in [0.5, 0.6) is 0 Å². The van der Waals surface area contributed by atoms with Crippen molar-refractivity contribution in [3.63, 3.8) is 0 Å². The highest BCUT2D eigenvalue weighted by Crippen LogP contribution is 2.18. The van der Waals surface area contributed by atoms with Gasteiger partial charge in [0.25, 0.3) is 5.91 Å². The number of rotatable bonds is 4. The van der Waals surface area contributed by atoms with Crippen molar-refractivity contribution < 1.29 is 13.6 Å². The number of halogens is 2. The Bertz CT molecular complexity index is 661. The number of anilines is 2. The van der Waals surface area contributed by atoms with Gasteiger partial charge < -0.3 is 10.6 Å². The Kier molecular flexibility index (Phi) is 4.42. The highest BCUT2D eigenvalue weighted by molar-refractivity contribution is 5.92. The molecule has 0 aliphatic rings. The third-order valence-electron chi connectivity index (χ3n) is 2.49. The molecule has 21 heavy (non-hydrogen) atoms. The van der Waals surface area contributed by atoms with Gasteiger partial charge in [0, 0.05) is 18.3 Å². The minimum atomic E-state index is -0.768. The van der Waals surface area contributed by atoms with Gasteiger partial charge in [-0.3, -0.25) is 4.79 Å². The topological polar surface area (TPSA) is 66.9 Å². The Morgan fingerprint density at radius 2 is 2.00 bits per heavy atom. The van der Waals surface area contributed by atoms with E-state index in [-0.39, 0.29) is 29.3 Å². The van der Waals surface area contributed by atoms with Crippen molar-refractivity contribution in [2.24, 2.45) is 0 Å². The summed E-state index contributed by atoms with van der Waals surface area (Å²) in [5.41, 5.74) is 0.182. The van der Waals surface area contributed by atoms with Crippen LogP contribution < -0.4 is 10.6 Å². The van der Waals surface area contributed by atoms with Crippen molar-refractivity contribution in [3.05, 3.63) is 47.8 Å². The second kappa shape index (κ2) is 6.25. The number of carbonyl (C=O) groups excluding carboxylic acids is 1. The molecule has 2 rings (SSSR count). The molecule has 2 N–H and O–H groups in total. The summed E-state index contributed by atoms with van der Waals surface area (Å²) < 4.78 is 26.4. The Morgan fingerprint density at radius 3 is 2.67 bits per heavy atom. The first-order valence-corrected chi connectivity index (χ1v) is 6.31. The van der Waals surface area contributed by atoms with Crippen molar-refractivity contribution in [3.8, 4) is 0 Å². The van der Waals surface area contributed by atoms with Crippen LogP contribution >= 0.6 is 0 Å². The molecule has 0 aliphatic heterocycles. The minimum Gasteiger partial charge on any atom is -0.349 e. The molecule has 0 aliphatic carbocycles. The Labute approximate surface area is 120 Å². The second-order valence-corrected chi connectivity index (χ2v) is 4.64. The number of carbonyl (C=O) groups is 1. The lowest BCUT2D eigenvalue weighted by atomic mass is 10.3. The van der Waals surface area contributed by atoms with Crippen LogP contribution in [0, 0.1) is 11.6 Å². The van der Waals surface area contributed by atoms with Crippen LogP contribution in [0.4, 0.5) is 20.4 Å². The van der Waals surface area contributed by atoms with E-state index >= 15 is 0 Å². The van der Waals surface area contributed by atoms with Crippen molar-refractivity contribution in [1.82, 2.24) is 15.3 Å². The van der Waals surface area contributed by atoms with Gasteiger partial charge in [-0.05, 0) is 32.0 Å². The molecule has 0 bridgehead atoms. The van der Waals surface area contributed by atoms with E-state index < -0.39 is 11.6 Å². The van der Waals surface area contributed by atoms with Gasteiger partial charge in [0.2, 0.25) is 5.95 Å². The molecule has 0 fully saturated rings. The Hall–Kier alpha value is -2.57. The summed E-state index contributed by atoms with van der Waals surface area (Å²) in [5, 5.41) is 5.29. The molecule has 0 atom stereocenters. The fourth-order valence-corrected chi connectivity index (χ4v) is 1.59. The SMILES string of the molecule is CC(C)NC(=O)c1ccnc(Nc2ccc(F)cc2F)n1. The van der Waals surface area contributed by atoms with Crippen LogP contribution in [0.2, 0.25) is 0 Å². The molecule has 7 heteroatoms. The molecule has 5 nitrogen and oxygen atoms in total. The van der Waals surface area contributed by atoms with Gasteiger partial charge in [-0.2, -0.15) is 0 Å². The first kappa shape index (κ1) is 14.8. The number of hydrogen-bond donors (Lipinski definition) is 2. The number of amides is 1. The minimum absolute atomic E-state index is 0.0258. The van der Waals surface area contributed by atoms with Gasteiger partial charge in [-0.25, -0.2) is 18.7 Å². The average Bonchev–Trinajstić information content (AvgIpc) is 2.41. The fraction of sp³-hybridized carbons (Fsp3) is 0.214. The summed E-state index contributed by atoms with van der Waals surface area (Å²) in [4.78, 5) is 19.7. The molecule has 1 aromatic heterocycles. The second-order valence-electron chi connectivity index (χ2n) is 4.64. The van der Waals surface area contributed by atoms with Gasteiger partial charge in [-0.15, -0.1) is 0 Å². The van der Waals surface area contributed by atoms with Crippen LogP contribution in [-0.4, -0.2) is 21.9 Å². The standard InChI is InChI=1S/C14H14F2N4O/c1-8(2)18-13(21)12-5-6-17-14(20-12)19-11-4-3-9(15)7-10(11)16/h3-8H,1-2H3,(H,18,21)(H,17,19,20). The van der Waals surface area contributed by atoms with E-state index in [9.17, 15) is 13.6 Å². The Balaban J connectivity index is 2.19. The van der Waals surface area contributed by atoms with E-state index in [1.807, 2.05) is 13.8 Å². The summed E-state index contributed by atoms with van der Waals surface area (Å²) in [6.45, 7) is 3.65. The lowest BCUT2D eigenvalue weighted by molar-refractivity contribution is 0.0938. The predicted molar refractivity (Wildman–Crippen MR) is 74.3 cm³/mol. The number of nitrogens with one attached hydrogen (secondary N) is 2. The van der Waals surface area contributed by atoms with Crippen molar-refractivity contribution in [2.75, 3.05) is 5.32 Å². The molecule has 110 valence electrons. The largest absolute Gasteiger partial charge is 0.349 e.